The lowest BCUT2D eigenvalue weighted by molar-refractivity contribution is 0.0150. The highest BCUT2D eigenvalue weighted by atomic mass is 28.4. The Hall–Kier alpha value is 0.0569. The molecule has 0 aliphatic heterocycles. The maximum absolute atomic E-state index is 6.20. The van der Waals surface area contributed by atoms with Gasteiger partial charge >= 0.3 is 8.80 Å². The Morgan fingerprint density at radius 3 is 2.00 bits per heavy atom. The molecule has 0 unspecified atom stereocenters. The summed E-state index contributed by atoms with van der Waals surface area (Å²) in [5.41, 5.74) is 0.438. The Kier molecular flexibility index (Phi) is 6.97. The summed E-state index contributed by atoms with van der Waals surface area (Å²) in [7, 11) is 2.65. The third kappa shape index (κ3) is 4.83. The molecule has 1 aliphatic rings. The minimum Gasteiger partial charge on any atom is -0.384 e. The number of hydrogen-bond donors (Lipinski definition) is 0. The lowest BCUT2D eigenvalue weighted by Crippen LogP contribution is -2.51. The van der Waals surface area contributed by atoms with Gasteiger partial charge in [0.1, 0.15) is 0 Å². The molecular weight excluding hydrogens is 260 g/mol. The van der Waals surface area contributed by atoms with Crippen LogP contribution < -0.4 is 0 Å². The predicted molar refractivity (Wildman–Crippen MR) is 78.2 cm³/mol. The first-order valence-electron chi connectivity index (χ1n) is 7.23. The molecule has 0 aromatic rings. The van der Waals surface area contributed by atoms with Crippen LogP contribution in [0, 0.1) is 5.41 Å². The minimum absolute atomic E-state index is 0.0152. The Morgan fingerprint density at radius 1 is 0.947 bits per heavy atom. The molecule has 0 spiro atoms. The van der Waals surface area contributed by atoms with Crippen LogP contribution in [0.5, 0.6) is 0 Å². The zero-order chi connectivity index (χ0) is 14.4. The van der Waals surface area contributed by atoms with E-state index < -0.39 is 8.80 Å². The van der Waals surface area contributed by atoms with Crippen molar-refractivity contribution in [2.75, 3.05) is 34.5 Å². The van der Waals surface area contributed by atoms with Crippen molar-refractivity contribution in [3.8, 4) is 0 Å². The zero-order valence-electron chi connectivity index (χ0n) is 13.2. The van der Waals surface area contributed by atoms with Crippen molar-refractivity contribution < 1.29 is 18.0 Å². The third-order valence-corrected chi connectivity index (χ3v) is 7.14. The summed E-state index contributed by atoms with van der Waals surface area (Å²) in [6.45, 7) is 5.57. The molecule has 114 valence electrons. The van der Waals surface area contributed by atoms with Gasteiger partial charge in [-0.3, -0.25) is 0 Å². The summed E-state index contributed by atoms with van der Waals surface area (Å²) in [5.74, 6) is 0. The first-order valence-corrected chi connectivity index (χ1v) is 9.03. The third-order valence-electron chi connectivity index (χ3n) is 3.87. The van der Waals surface area contributed by atoms with Gasteiger partial charge < -0.3 is 18.0 Å². The van der Waals surface area contributed by atoms with Crippen LogP contribution in [-0.2, 0) is 18.0 Å². The van der Waals surface area contributed by atoms with Crippen molar-refractivity contribution in [1.29, 1.82) is 0 Å². The van der Waals surface area contributed by atoms with Crippen molar-refractivity contribution in [3.05, 3.63) is 0 Å². The van der Waals surface area contributed by atoms with Gasteiger partial charge in [-0.2, -0.15) is 0 Å². The highest BCUT2D eigenvalue weighted by Crippen LogP contribution is 2.39. The zero-order valence-corrected chi connectivity index (χ0v) is 14.2. The van der Waals surface area contributed by atoms with E-state index in [0.717, 1.165) is 0 Å². The molecule has 1 rings (SSSR count). The molecule has 0 heterocycles. The van der Waals surface area contributed by atoms with E-state index in [-0.39, 0.29) is 5.41 Å². The summed E-state index contributed by atoms with van der Waals surface area (Å²) >= 11 is 0. The largest absolute Gasteiger partial charge is 0.503 e. The SMILES string of the molecule is COCC(C)(C)CO[Si](OC)(OC)C1CCCCC1. The van der Waals surface area contributed by atoms with Crippen LogP contribution in [-0.4, -0.2) is 43.3 Å². The van der Waals surface area contributed by atoms with Crippen LogP contribution >= 0.6 is 0 Å². The van der Waals surface area contributed by atoms with E-state index in [1.165, 1.54) is 32.1 Å². The Bertz CT molecular complexity index is 248. The van der Waals surface area contributed by atoms with Crippen LogP contribution in [0.1, 0.15) is 46.0 Å². The molecule has 1 aliphatic carbocycles. The smallest absolute Gasteiger partial charge is 0.384 e. The van der Waals surface area contributed by atoms with Gasteiger partial charge in [-0.05, 0) is 12.8 Å². The molecule has 0 radical (unpaired) electrons. The number of methoxy groups -OCH3 is 1. The average molecular weight is 290 g/mol. The molecule has 1 fully saturated rings. The monoisotopic (exact) mass is 290 g/mol. The molecule has 19 heavy (non-hydrogen) atoms. The lowest BCUT2D eigenvalue weighted by Gasteiger charge is -2.38. The summed E-state index contributed by atoms with van der Waals surface area (Å²) in [4.78, 5) is 0. The van der Waals surface area contributed by atoms with Crippen molar-refractivity contribution in [2.45, 2.75) is 51.5 Å². The molecular formula is C14H30O4Si. The van der Waals surface area contributed by atoms with Crippen molar-refractivity contribution in [3.63, 3.8) is 0 Å². The van der Waals surface area contributed by atoms with Gasteiger partial charge in [0.05, 0.1) is 6.61 Å². The quantitative estimate of drug-likeness (QED) is 0.643. The minimum atomic E-state index is -2.54. The highest BCUT2D eigenvalue weighted by molar-refractivity contribution is 6.62. The molecule has 1 saturated carbocycles. The molecule has 0 N–H and O–H groups in total. The average Bonchev–Trinajstić information content (AvgIpc) is 2.41. The van der Waals surface area contributed by atoms with E-state index >= 15 is 0 Å². The van der Waals surface area contributed by atoms with Crippen molar-refractivity contribution in [1.82, 2.24) is 0 Å². The molecule has 4 nitrogen and oxygen atoms in total. The molecule has 0 aromatic heterocycles. The fourth-order valence-corrected chi connectivity index (χ4v) is 5.85. The van der Waals surface area contributed by atoms with E-state index in [0.29, 0.717) is 18.8 Å². The fourth-order valence-electron chi connectivity index (χ4n) is 2.84. The van der Waals surface area contributed by atoms with Crippen molar-refractivity contribution in [2.24, 2.45) is 5.41 Å². The standard InChI is InChI=1S/C14H30O4Si/c1-14(2,11-15-3)12-18-19(16-4,17-5)13-9-7-6-8-10-13/h13H,6-12H2,1-5H3. The van der Waals surface area contributed by atoms with Crippen LogP contribution in [0.15, 0.2) is 0 Å². The molecule has 5 heteroatoms. The molecule has 0 saturated heterocycles. The summed E-state index contributed by atoms with van der Waals surface area (Å²) < 4.78 is 22.9. The van der Waals surface area contributed by atoms with E-state index in [2.05, 4.69) is 13.8 Å². The van der Waals surface area contributed by atoms with Gasteiger partial charge in [-0.25, -0.2) is 0 Å². The second-order valence-corrected chi connectivity index (χ2v) is 9.36. The fraction of sp³-hybridized carbons (Fsp3) is 1.00. The molecule has 0 amide bonds. The van der Waals surface area contributed by atoms with Gasteiger partial charge in [-0.1, -0.05) is 33.1 Å². The van der Waals surface area contributed by atoms with Gasteiger partial charge in [-0.15, -0.1) is 0 Å². The number of hydrogen-bond acceptors (Lipinski definition) is 4. The van der Waals surface area contributed by atoms with Crippen LogP contribution in [0.25, 0.3) is 0 Å². The first-order chi connectivity index (χ1) is 8.99. The topological polar surface area (TPSA) is 36.9 Å². The Labute approximate surface area is 119 Å². The van der Waals surface area contributed by atoms with Gasteiger partial charge in [0.25, 0.3) is 0 Å². The van der Waals surface area contributed by atoms with E-state index in [4.69, 9.17) is 18.0 Å². The molecule has 0 atom stereocenters. The Balaban J connectivity index is 2.64. The maximum Gasteiger partial charge on any atom is 0.503 e. The normalized spacial score (nSPS) is 18.8. The van der Waals surface area contributed by atoms with Crippen LogP contribution in [0.2, 0.25) is 5.54 Å². The van der Waals surface area contributed by atoms with Crippen molar-refractivity contribution >= 4 is 8.80 Å². The van der Waals surface area contributed by atoms with E-state index in [9.17, 15) is 0 Å². The first kappa shape index (κ1) is 17.1. The van der Waals surface area contributed by atoms with Gasteiger partial charge in [0, 0.05) is 38.9 Å². The van der Waals surface area contributed by atoms with E-state index in [1.54, 1.807) is 21.3 Å². The van der Waals surface area contributed by atoms with Crippen LogP contribution in [0.4, 0.5) is 0 Å². The second-order valence-electron chi connectivity index (χ2n) is 6.23. The highest BCUT2D eigenvalue weighted by Gasteiger charge is 2.48. The summed E-state index contributed by atoms with van der Waals surface area (Å²) in [5, 5.41) is 0. The predicted octanol–water partition coefficient (Wildman–Crippen LogP) is 3.24. The van der Waals surface area contributed by atoms with E-state index in [1.807, 2.05) is 0 Å². The summed E-state index contributed by atoms with van der Waals surface area (Å²) in [6.07, 6.45) is 6.18. The number of rotatable bonds is 8. The summed E-state index contributed by atoms with van der Waals surface area (Å²) in [6, 6.07) is 0. The van der Waals surface area contributed by atoms with Gasteiger partial charge in [0.2, 0.25) is 0 Å². The van der Waals surface area contributed by atoms with Gasteiger partial charge in [0.15, 0.2) is 0 Å². The second kappa shape index (κ2) is 7.74. The maximum atomic E-state index is 6.20. The lowest BCUT2D eigenvalue weighted by atomic mass is 9.97. The number of ether oxygens (including phenoxy) is 1. The molecule has 0 bridgehead atoms. The molecule has 0 aromatic carbocycles. The Morgan fingerprint density at radius 2 is 1.53 bits per heavy atom. The van der Waals surface area contributed by atoms with Crippen LogP contribution in [0.3, 0.4) is 0 Å².